The standard InChI is InChI=1S/C18H25NO6/c1-11(2)5-4-6-12(3)19-16(20)10-25-15-8-13(17(21)22)7-14(9-15)18(23)24/h7-9,11-12H,4-6,10H2,1-3H3,(H,19,20)(H,21,22)(H,23,24)/t12-/m1/s1. The van der Waals surface area contributed by atoms with Crippen molar-refractivity contribution in [3.63, 3.8) is 0 Å². The summed E-state index contributed by atoms with van der Waals surface area (Å²) in [6.07, 6.45) is 2.97. The van der Waals surface area contributed by atoms with Crippen LogP contribution in [0, 0.1) is 5.92 Å². The van der Waals surface area contributed by atoms with Gasteiger partial charge in [-0.2, -0.15) is 0 Å². The Labute approximate surface area is 147 Å². The van der Waals surface area contributed by atoms with Crippen molar-refractivity contribution in [2.75, 3.05) is 6.61 Å². The van der Waals surface area contributed by atoms with Crippen LogP contribution in [-0.4, -0.2) is 40.7 Å². The maximum absolute atomic E-state index is 11.9. The molecule has 0 saturated heterocycles. The molecule has 0 bridgehead atoms. The molecule has 0 aliphatic carbocycles. The molecule has 0 saturated carbocycles. The first-order valence-corrected chi connectivity index (χ1v) is 8.23. The van der Waals surface area contributed by atoms with Crippen LogP contribution < -0.4 is 10.1 Å². The molecular weight excluding hydrogens is 326 g/mol. The van der Waals surface area contributed by atoms with Crippen molar-refractivity contribution in [2.24, 2.45) is 5.92 Å². The summed E-state index contributed by atoms with van der Waals surface area (Å²) < 4.78 is 5.25. The molecule has 1 aromatic carbocycles. The maximum Gasteiger partial charge on any atom is 0.335 e. The van der Waals surface area contributed by atoms with Crippen LogP contribution in [0.15, 0.2) is 18.2 Å². The first kappa shape index (κ1) is 20.5. The average molecular weight is 351 g/mol. The van der Waals surface area contributed by atoms with Crippen LogP contribution in [0.1, 0.15) is 60.7 Å². The number of carboxylic acid groups (broad SMARTS) is 2. The van der Waals surface area contributed by atoms with Crippen LogP contribution in [0.4, 0.5) is 0 Å². The number of amides is 1. The third kappa shape index (κ3) is 7.69. The van der Waals surface area contributed by atoms with E-state index < -0.39 is 11.9 Å². The molecule has 1 atom stereocenters. The van der Waals surface area contributed by atoms with Crippen LogP contribution >= 0.6 is 0 Å². The highest BCUT2D eigenvalue weighted by molar-refractivity contribution is 5.94. The molecular formula is C18H25NO6. The summed E-state index contributed by atoms with van der Waals surface area (Å²) in [7, 11) is 0. The molecule has 1 aromatic rings. The van der Waals surface area contributed by atoms with Crippen molar-refractivity contribution in [3.05, 3.63) is 29.3 Å². The molecule has 0 fully saturated rings. The Morgan fingerprint density at radius 1 is 1.00 bits per heavy atom. The summed E-state index contributed by atoms with van der Waals surface area (Å²) in [5, 5.41) is 20.8. The van der Waals surface area contributed by atoms with Gasteiger partial charge in [-0.3, -0.25) is 4.79 Å². The highest BCUT2D eigenvalue weighted by atomic mass is 16.5. The van der Waals surface area contributed by atoms with Gasteiger partial charge < -0.3 is 20.3 Å². The Balaban J connectivity index is 2.57. The molecule has 1 amide bonds. The fraction of sp³-hybridized carbons (Fsp3) is 0.500. The maximum atomic E-state index is 11.9. The Morgan fingerprint density at radius 2 is 1.56 bits per heavy atom. The number of ether oxygens (including phenoxy) is 1. The minimum Gasteiger partial charge on any atom is -0.484 e. The molecule has 138 valence electrons. The minimum absolute atomic E-state index is 0.00906. The number of carbonyl (C=O) groups excluding carboxylic acids is 1. The van der Waals surface area contributed by atoms with E-state index in [-0.39, 0.29) is 35.4 Å². The number of rotatable bonds is 10. The monoisotopic (exact) mass is 351 g/mol. The number of nitrogens with one attached hydrogen (secondary N) is 1. The quantitative estimate of drug-likeness (QED) is 0.597. The Kier molecular flexibility index (Phi) is 7.91. The molecule has 0 radical (unpaired) electrons. The van der Waals surface area contributed by atoms with Crippen LogP contribution in [0.25, 0.3) is 0 Å². The van der Waals surface area contributed by atoms with Gasteiger partial charge in [0.25, 0.3) is 5.91 Å². The van der Waals surface area contributed by atoms with Crippen molar-refractivity contribution in [3.8, 4) is 5.75 Å². The van der Waals surface area contributed by atoms with E-state index in [4.69, 9.17) is 14.9 Å². The van der Waals surface area contributed by atoms with Gasteiger partial charge in [0.15, 0.2) is 6.61 Å². The van der Waals surface area contributed by atoms with Gasteiger partial charge in [0.05, 0.1) is 11.1 Å². The van der Waals surface area contributed by atoms with Crippen molar-refractivity contribution >= 4 is 17.8 Å². The molecule has 0 spiro atoms. The molecule has 0 heterocycles. The Bertz CT molecular complexity index is 594. The van der Waals surface area contributed by atoms with E-state index in [1.54, 1.807) is 0 Å². The molecule has 0 aliphatic heterocycles. The van der Waals surface area contributed by atoms with Crippen molar-refractivity contribution in [1.29, 1.82) is 0 Å². The third-order valence-electron chi connectivity index (χ3n) is 3.60. The molecule has 0 aromatic heterocycles. The number of benzene rings is 1. The van der Waals surface area contributed by atoms with Gasteiger partial charge in [0.2, 0.25) is 0 Å². The largest absolute Gasteiger partial charge is 0.484 e. The molecule has 1 rings (SSSR count). The first-order valence-electron chi connectivity index (χ1n) is 8.23. The highest BCUT2D eigenvalue weighted by Gasteiger charge is 2.14. The molecule has 0 aliphatic rings. The van der Waals surface area contributed by atoms with E-state index in [0.717, 1.165) is 25.3 Å². The molecule has 7 nitrogen and oxygen atoms in total. The number of hydrogen-bond acceptors (Lipinski definition) is 4. The number of hydrogen-bond donors (Lipinski definition) is 3. The highest BCUT2D eigenvalue weighted by Crippen LogP contribution is 2.18. The van der Waals surface area contributed by atoms with Crippen molar-refractivity contribution < 1.29 is 29.3 Å². The lowest BCUT2D eigenvalue weighted by atomic mass is 10.0. The topological polar surface area (TPSA) is 113 Å². The molecule has 7 heteroatoms. The van der Waals surface area contributed by atoms with Crippen molar-refractivity contribution in [2.45, 2.75) is 46.1 Å². The van der Waals surface area contributed by atoms with Crippen LogP contribution in [0.2, 0.25) is 0 Å². The second-order valence-corrected chi connectivity index (χ2v) is 6.44. The summed E-state index contributed by atoms with van der Waals surface area (Å²) in [4.78, 5) is 34.0. The number of carbonyl (C=O) groups is 3. The Morgan fingerprint density at radius 3 is 2.04 bits per heavy atom. The summed E-state index contributed by atoms with van der Waals surface area (Å²) >= 11 is 0. The van der Waals surface area contributed by atoms with E-state index in [1.165, 1.54) is 12.1 Å². The van der Waals surface area contributed by atoms with Crippen LogP contribution in [0.3, 0.4) is 0 Å². The first-order chi connectivity index (χ1) is 11.7. The Hall–Kier alpha value is -2.57. The minimum atomic E-state index is -1.27. The molecule has 3 N–H and O–H groups in total. The second-order valence-electron chi connectivity index (χ2n) is 6.44. The van der Waals surface area contributed by atoms with Crippen molar-refractivity contribution in [1.82, 2.24) is 5.32 Å². The zero-order chi connectivity index (χ0) is 19.0. The van der Waals surface area contributed by atoms with E-state index >= 15 is 0 Å². The van der Waals surface area contributed by atoms with E-state index in [2.05, 4.69) is 19.2 Å². The molecule has 0 unspecified atom stereocenters. The SMILES string of the molecule is CC(C)CCC[C@@H](C)NC(=O)COc1cc(C(=O)O)cc(C(=O)O)c1. The van der Waals surface area contributed by atoms with Crippen LogP contribution in [0.5, 0.6) is 5.75 Å². The smallest absolute Gasteiger partial charge is 0.335 e. The number of aromatic carboxylic acids is 2. The zero-order valence-electron chi connectivity index (χ0n) is 14.7. The van der Waals surface area contributed by atoms with E-state index in [9.17, 15) is 14.4 Å². The lowest BCUT2D eigenvalue weighted by molar-refractivity contribution is -0.123. The zero-order valence-corrected chi connectivity index (χ0v) is 14.7. The van der Waals surface area contributed by atoms with Crippen LogP contribution in [-0.2, 0) is 4.79 Å². The van der Waals surface area contributed by atoms with E-state index in [0.29, 0.717) is 5.92 Å². The normalized spacial score (nSPS) is 11.8. The second kappa shape index (κ2) is 9.66. The summed E-state index contributed by atoms with van der Waals surface area (Å²) in [6, 6.07) is 3.42. The third-order valence-corrected chi connectivity index (χ3v) is 3.60. The van der Waals surface area contributed by atoms with Gasteiger partial charge in [0, 0.05) is 6.04 Å². The fourth-order valence-corrected chi connectivity index (χ4v) is 2.30. The molecule has 25 heavy (non-hydrogen) atoms. The van der Waals surface area contributed by atoms with Gasteiger partial charge >= 0.3 is 11.9 Å². The predicted octanol–water partition coefficient (Wildman–Crippen LogP) is 2.79. The lowest BCUT2D eigenvalue weighted by Gasteiger charge is -2.15. The van der Waals surface area contributed by atoms with Gasteiger partial charge in [-0.1, -0.05) is 26.7 Å². The summed E-state index contributed by atoms with van der Waals surface area (Å²) in [5.74, 6) is -2.22. The van der Waals surface area contributed by atoms with Gasteiger partial charge in [0.1, 0.15) is 5.75 Å². The van der Waals surface area contributed by atoms with E-state index in [1.807, 2.05) is 6.92 Å². The van der Waals surface area contributed by atoms with Gasteiger partial charge in [-0.05, 0) is 37.5 Å². The number of carboxylic acids is 2. The summed E-state index contributed by atoms with van der Waals surface area (Å²) in [6.45, 7) is 5.89. The lowest BCUT2D eigenvalue weighted by Crippen LogP contribution is -2.36. The van der Waals surface area contributed by atoms with Gasteiger partial charge in [-0.15, -0.1) is 0 Å². The fourth-order valence-electron chi connectivity index (χ4n) is 2.30. The predicted molar refractivity (Wildman–Crippen MR) is 92.1 cm³/mol. The average Bonchev–Trinajstić information content (AvgIpc) is 2.52. The summed E-state index contributed by atoms with van der Waals surface area (Å²) in [5.41, 5.74) is -0.422. The van der Waals surface area contributed by atoms with Gasteiger partial charge in [-0.25, -0.2) is 9.59 Å².